The maximum atomic E-state index is 12.0. The molecule has 0 aromatic heterocycles. The van der Waals surface area contributed by atoms with Gasteiger partial charge in [0.15, 0.2) is 0 Å². The summed E-state index contributed by atoms with van der Waals surface area (Å²) in [5, 5.41) is 5.17. The van der Waals surface area contributed by atoms with Gasteiger partial charge in [0.25, 0.3) is 0 Å². The van der Waals surface area contributed by atoms with Crippen LogP contribution >= 0.6 is 27.5 Å². The fourth-order valence-electron chi connectivity index (χ4n) is 1.77. The summed E-state index contributed by atoms with van der Waals surface area (Å²) >= 11 is 8.95. The van der Waals surface area contributed by atoms with Gasteiger partial charge < -0.3 is 4.74 Å². The van der Waals surface area contributed by atoms with Gasteiger partial charge in [-0.2, -0.15) is 0 Å². The Morgan fingerprint density at radius 1 is 1.48 bits per heavy atom. The normalized spacial score (nSPS) is 13.0. The second-order valence-electron chi connectivity index (χ2n) is 4.81. The lowest BCUT2D eigenvalue weighted by molar-refractivity contribution is 0.0443. The first kappa shape index (κ1) is 18.4. The molecule has 1 atom stereocenters. The van der Waals surface area contributed by atoms with Gasteiger partial charge in [-0.15, -0.1) is 0 Å². The van der Waals surface area contributed by atoms with E-state index < -0.39 is 16.0 Å². The highest BCUT2D eigenvalue weighted by Gasteiger charge is 2.20. The van der Waals surface area contributed by atoms with Crippen LogP contribution in [0.2, 0.25) is 5.02 Å². The summed E-state index contributed by atoms with van der Waals surface area (Å²) in [5.74, 6) is -0.389. The van der Waals surface area contributed by atoms with Crippen LogP contribution in [0, 0.1) is 5.92 Å². The molecule has 1 aromatic carbocycles. The van der Waals surface area contributed by atoms with Gasteiger partial charge in [-0.3, -0.25) is 0 Å². The van der Waals surface area contributed by atoms with E-state index in [-0.39, 0.29) is 32.5 Å². The Balaban J connectivity index is 2.99. The molecule has 0 aliphatic carbocycles. The predicted octanol–water partition coefficient (Wildman–Crippen LogP) is 3.34. The minimum absolute atomic E-state index is 0.0518. The summed E-state index contributed by atoms with van der Waals surface area (Å²) in [6.07, 6.45) is 1.94. The number of hydrogen-bond donors (Lipinski definition) is 1. The summed E-state index contributed by atoms with van der Waals surface area (Å²) in [7, 11) is -3.99. The Morgan fingerprint density at radius 2 is 2.10 bits per heavy atom. The van der Waals surface area contributed by atoms with E-state index in [4.69, 9.17) is 21.5 Å². The van der Waals surface area contributed by atoms with Gasteiger partial charge in [0.05, 0.1) is 26.6 Å². The van der Waals surface area contributed by atoms with Crippen LogP contribution in [0.1, 0.15) is 37.0 Å². The van der Waals surface area contributed by atoms with E-state index in [1.807, 2.05) is 13.8 Å². The molecule has 5 nitrogen and oxygen atoms in total. The van der Waals surface area contributed by atoms with Crippen LogP contribution in [0.25, 0.3) is 0 Å². The van der Waals surface area contributed by atoms with Gasteiger partial charge in [-0.1, -0.05) is 31.9 Å². The lowest BCUT2D eigenvalue weighted by atomic mass is 10.1. The number of benzene rings is 1. The van der Waals surface area contributed by atoms with Crippen molar-refractivity contribution in [2.45, 2.75) is 31.6 Å². The molecule has 0 radical (unpaired) electrons. The van der Waals surface area contributed by atoms with Crippen molar-refractivity contribution in [2.75, 3.05) is 6.61 Å². The molecule has 21 heavy (non-hydrogen) atoms. The summed E-state index contributed by atoms with van der Waals surface area (Å²) < 4.78 is 28.2. The molecule has 1 aromatic rings. The Hall–Kier alpha value is -0.630. The number of hydrogen-bond acceptors (Lipinski definition) is 4. The van der Waals surface area contributed by atoms with Crippen LogP contribution in [-0.2, 0) is 14.8 Å². The smallest absolute Gasteiger partial charge is 0.338 e. The average molecular weight is 399 g/mol. The highest BCUT2D eigenvalue weighted by Crippen LogP contribution is 2.31. The molecule has 0 bridgehead atoms. The third-order valence-corrected chi connectivity index (χ3v) is 5.40. The monoisotopic (exact) mass is 397 g/mol. The van der Waals surface area contributed by atoms with Crippen LogP contribution in [0.15, 0.2) is 21.5 Å². The van der Waals surface area contributed by atoms with Crippen LogP contribution in [0.3, 0.4) is 0 Å². The number of carbonyl (C=O) groups is 1. The summed E-state index contributed by atoms with van der Waals surface area (Å²) in [4.78, 5) is 11.7. The van der Waals surface area contributed by atoms with E-state index in [0.717, 1.165) is 18.9 Å². The van der Waals surface area contributed by atoms with Gasteiger partial charge in [-0.05, 0) is 40.4 Å². The molecule has 1 unspecified atom stereocenters. The summed E-state index contributed by atoms with van der Waals surface area (Å²) in [6, 6.07) is 2.49. The fraction of sp³-hybridized carbons (Fsp3) is 0.462. The molecule has 1 rings (SSSR count). The van der Waals surface area contributed by atoms with Crippen molar-refractivity contribution >= 4 is 43.5 Å². The molecule has 0 saturated heterocycles. The summed E-state index contributed by atoms with van der Waals surface area (Å²) in [6.45, 7) is 4.29. The third kappa shape index (κ3) is 5.25. The fourth-order valence-corrected chi connectivity index (χ4v) is 3.60. The molecule has 0 amide bonds. The Kier molecular flexibility index (Phi) is 6.65. The van der Waals surface area contributed by atoms with Crippen molar-refractivity contribution in [2.24, 2.45) is 11.1 Å². The highest BCUT2D eigenvalue weighted by molar-refractivity contribution is 9.10. The second kappa shape index (κ2) is 7.58. The third-order valence-electron chi connectivity index (χ3n) is 2.82. The number of ether oxygens (including phenoxy) is 1. The van der Waals surface area contributed by atoms with Gasteiger partial charge in [-0.25, -0.2) is 18.4 Å². The standard InChI is InChI=1S/C13H17BrClNO4S/c1-3-4-8(2)7-20-13(17)9-5-10(15)12(14)11(6-9)21(16,18)19/h5-6,8H,3-4,7H2,1-2H3,(H2,16,18,19). The predicted molar refractivity (Wildman–Crippen MR) is 84.9 cm³/mol. The first-order valence-corrected chi connectivity index (χ1v) is 9.07. The minimum Gasteiger partial charge on any atom is -0.462 e. The van der Waals surface area contributed by atoms with Gasteiger partial charge in [0, 0.05) is 0 Å². The molecule has 0 aliphatic rings. The molecule has 0 heterocycles. The van der Waals surface area contributed by atoms with Crippen molar-refractivity contribution < 1.29 is 17.9 Å². The molecule has 0 aliphatic heterocycles. The largest absolute Gasteiger partial charge is 0.462 e. The number of nitrogens with two attached hydrogens (primary N) is 1. The van der Waals surface area contributed by atoms with E-state index in [1.165, 1.54) is 6.07 Å². The molecule has 0 saturated carbocycles. The highest BCUT2D eigenvalue weighted by atomic mass is 79.9. The number of esters is 1. The van der Waals surface area contributed by atoms with E-state index in [1.54, 1.807) is 0 Å². The van der Waals surface area contributed by atoms with E-state index in [9.17, 15) is 13.2 Å². The van der Waals surface area contributed by atoms with Crippen LogP contribution in [0.5, 0.6) is 0 Å². The van der Waals surface area contributed by atoms with Crippen molar-refractivity contribution in [1.82, 2.24) is 0 Å². The van der Waals surface area contributed by atoms with Gasteiger partial charge in [0.1, 0.15) is 0 Å². The van der Waals surface area contributed by atoms with E-state index in [2.05, 4.69) is 15.9 Å². The quantitative estimate of drug-likeness (QED) is 0.745. The lowest BCUT2D eigenvalue weighted by Gasteiger charge is -2.12. The molecule has 0 fully saturated rings. The molecular formula is C13H17BrClNO4S. The van der Waals surface area contributed by atoms with Crippen molar-refractivity contribution in [3.05, 3.63) is 27.2 Å². The zero-order valence-corrected chi connectivity index (χ0v) is 14.9. The second-order valence-corrected chi connectivity index (χ2v) is 7.54. The zero-order valence-electron chi connectivity index (χ0n) is 11.7. The Morgan fingerprint density at radius 3 is 2.62 bits per heavy atom. The van der Waals surface area contributed by atoms with Crippen LogP contribution in [0.4, 0.5) is 0 Å². The van der Waals surface area contributed by atoms with Crippen molar-refractivity contribution in [1.29, 1.82) is 0 Å². The molecule has 118 valence electrons. The van der Waals surface area contributed by atoms with Crippen molar-refractivity contribution in [3.63, 3.8) is 0 Å². The maximum Gasteiger partial charge on any atom is 0.338 e. The van der Waals surface area contributed by atoms with E-state index >= 15 is 0 Å². The number of carbonyl (C=O) groups excluding carboxylic acids is 1. The maximum absolute atomic E-state index is 12.0. The Labute approximate surface area is 138 Å². The average Bonchev–Trinajstić information content (AvgIpc) is 2.38. The number of halogens is 2. The zero-order chi connectivity index (χ0) is 16.2. The van der Waals surface area contributed by atoms with Crippen LogP contribution in [-0.4, -0.2) is 21.0 Å². The van der Waals surface area contributed by atoms with Gasteiger partial charge >= 0.3 is 5.97 Å². The van der Waals surface area contributed by atoms with Crippen LogP contribution < -0.4 is 5.14 Å². The van der Waals surface area contributed by atoms with E-state index in [0.29, 0.717) is 0 Å². The van der Waals surface area contributed by atoms with Crippen molar-refractivity contribution in [3.8, 4) is 0 Å². The molecule has 8 heteroatoms. The minimum atomic E-state index is -3.99. The number of sulfonamides is 1. The SMILES string of the molecule is CCCC(C)COC(=O)c1cc(Cl)c(Br)c(S(N)(=O)=O)c1. The first-order valence-electron chi connectivity index (χ1n) is 6.35. The molecular weight excluding hydrogens is 382 g/mol. The van der Waals surface area contributed by atoms with Gasteiger partial charge in [0.2, 0.25) is 10.0 Å². The molecule has 2 N–H and O–H groups in total. The summed E-state index contributed by atoms with van der Waals surface area (Å²) in [5.41, 5.74) is 0.0518. The number of primary sulfonamides is 1. The topological polar surface area (TPSA) is 86.5 Å². The Bertz CT molecular complexity index is 633. The lowest BCUT2D eigenvalue weighted by Crippen LogP contribution is -2.16. The first-order chi connectivity index (χ1) is 9.66. The number of rotatable bonds is 6. The molecule has 0 spiro atoms.